The molecule has 144 valence electrons. The maximum Gasteiger partial charge on any atom is 0.189 e. The predicted molar refractivity (Wildman–Crippen MR) is 110 cm³/mol. The first kappa shape index (κ1) is 23.3. The first-order chi connectivity index (χ1) is 10.9. The molecule has 0 aliphatic carbocycles. The number of hydrogen-bond donors (Lipinski definition) is 2. The molecule has 0 spiro atoms. The van der Waals surface area contributed by atoms with E-state index in [-0.39, 0.29) is 16.5 Å². The lowest BCUT2D eigenvalue weighted by Gasteiger charge is -2.48. The summed E-state index contributed by atoms with van der Waals surface area (Å²) in [6, 6.07) is 0. The summed E-state index contributed by atoms with van der Waals surface area (Å²) in [5.74, 6) is 0.594. The summed E-state index contributed by atoms with van der Waals surface area (Å²) in [5, 5.41) is 3.57. The van der Waals surface area contributed by atoms with Gasteiger partial charge in [0.1, 0.15) is 0 Å². The quantitative estimate of drug-likeness (QED) is 0.385. The molecule has 0 heterocycles. The van der Waals surface area contributed by atoms with E-state index < -0.39 is 0 Å². The normalized spacial score (nSPS) is 16.8. The van der Waals surface area contributed by atoms with Crippen molar-refractivity contribution in [3.05, 3.63) is 0 Å². The Labute approximate surface area is 152 Å². The maximum absolute atomic E-state index is 6.30. The molecule has 0 radical (unpaired) electrons. The van der Waals surface area contributed by atoms with Gasteiger partial charge in [-0.1, -0.05) is 68.2 Å². The van der Waals surface area contributed by atoms with Crippen LogP contribution in [0.1, 0.15) is 108 Å². The molecule has 0 saturated heterocycles. The SMILES string of the molecule is CCC(C)(CC)N=C(N)NC(C)(CC)CC(C)(C)C(C)(CC)CC. The molecule has 3 heteroatoms. The van der Waals surface area contributed by atoms with Crippen LogP contribution < -0.4 is 11.1 Å². The largest absolute Gasteiger partial charge is 0.370 e. The Bertz CT molecular complexity index is 403. The van der Waals surface area contributed by atoms with Gasteiger partial charge in [-0.2, -0.15) is 0 Å². The molecule has 0 rings (SSSR count). The van der Waals surface area contributed by atoms with Crippen LogP contribution in [0.2, 0.25) is 0 Å². The molecule has 0 saturated carbocycles. The maximum atomic E-state index is 6.30. The molecule has 3 N–H and O–H groups in total. The molecule has 0 aromatic carbocycles. The summed E-state index contributed by atoms with van der Waals surface area (Å²) < 4.78 is 0. The van der Waals surface area contributed by atoms with Gasteiger partial charge in [0, 0.05) is 5.54 Å². The van der Waals surface area contributed by atoms with E-state index >= 15 is 0 Å². The van der Waals surface area contributed by atoms with Gasteiger partial charge in [-0.25, -0.2) is 4.99 Å². The van der Waals surface area contributed by atoms with E-state index in [9.17, 15) is 0 Å². The smallest absolute Gasteiger partial charge is 0.189 e. The molecule has 0 amide bonds. The Morgan fingerprint density at radius 1 is 0.792 bits per heavy atom. The second-order valence-electron chi connectivity index (χ2n) is 9.07. The van der Waals surface area contributed by atoms with E-state index in [1.807, 2.05) is 0 Å². The monoisotopic (exact) mass is 339 g/mol. The van der Waals surface area contributed by atoms with Crippen molar-refractivity contribution in [3.63, 3.8) is 0 Å². The Hall–Kier alpha value is -0.730. The Morgan fingerprint density at radius 2 is 1.25 bits per heavy atom. The number of nitrogens with two attached hydrogens (primary N) is 1. The van der Waals surface area contributed by atoms with Gasteiger partial charge in [0.05, 0.1) is 5.54 Å². The fourth-order valence-corrected chi connectivity index (χ4v) is 3.69. The molecular formula is C21H45N3. The van der Waals surface area contributed by atoms with Crippen LogP contribution >= 0.6 is 0 Å². The van der Waals surface area contributed by atoms with E-state index in [4.69, 9.17) is 10.7 Å². The van der Waals surface area contributed by atoms with E-state index in [1.54, 1.807) is 0 Å². The van der Waals surface area contributed by atoms with Gasteiger partial charge in [-0.05, 0) is 50.4 Å². The van der Waals surface area contributed by atoms with Crippen molar-refractivity contribution in [2.45, 2.75) is 119 Å². The third-order valence-corrected chi connectivity index (χ3v) is 7.15. The number of hydrogen-bond acceptors (Lipinski definition) is 1. The van der Waals surface area contributed by atoms with Crippen LogP contribution in [0.3, 0.4) is 0 Å². The highest BCUT2D eigenvalue weighted by atomic mass is 15.2. The van der Waals surface area contributed by atoms with Gasteiger partial charge < -0.3 is 11.1 Å². The van der Waals surface area contributed by atoms with E-state index in [0.717, 1.165) is 25.7 Å². The average molecular weight is 340 g/mol. The molecule has 0 aromatic rings. The molecular weight excluding hydrogens is 294 g/mol. The van der Waals surface area contributed by atoms with Crippen molar-refractivity contribution in [1.29, 1.82) is 0 Å². The third-order valence-electron chi connectivity index (χ3n) is 7.15. The zero-order valence-electron chi connectivity index (χ0n) is 18.3. The van der Waals surface area contributed by atoms with Gasteiger partial charge in [-0.3, -0.25) is 0 Å². The molecule has 1 unspecified atom stereocenters. The topological polar surface area (TPSA) is 50.4 Å². The van der Waals surface area contributed by atoms with Gasteiger partial charge >= 0.3 is 0 Å². The second kappa shape index (κ2) is 8.58. The fourth-order valence-electron chi connectivity index (χ4n) is 3.69. The lowest BCUT2D eigenvalue weighted by molar-refractivity contribution is 0.0412. The number of aliphatic imine (C=N–C) groups is 1. The summed E-state index contributed by atoms with van der Waals surface area (Å²) >= 11 is 0. The first-order valence-corrected chi connectivity index (χ1v) is 10.00. The predicted octanol–water partition coefficient (Wildman–Crippen LogP) is 5.88. The second-order valence-corrected chi connectivity index (χ2v) is 9.07. The fraction of sp³-hybridized carbons (Fsp3) is 0.952. The van der Waals surface area contributed by atoms with Gasteiger partial charge in [0.25, 0.3) is 0 Å². The highest BCUT2D eigenvalue weighted by Gasteiger charge is 2.42. The molecule has 0 bridgehead atoms. The van der Waals surface area contributed by atoms with Crippen molar-refractivity contribution < 1.29 is 0 Å². The third kappa shape index (κ3) is 5.67. The van der Waals surface area contributed by atoms with Crippen LogP contribution in [0.5, 0.6) is 0 Å². The molecule has 0 aliphatic rings. The number of nitrogens with one attached hydrogen (secondary N) is 1. The lowest BCUT2D eigenvalue weighted by atomic mass is 9.59. The minimum Gasteiger partial charge on any atom is -0.370 e. The molecule has 3 nitrogen and oxygen atoms in total. The van der Waals surface area contributed by atoms with E-state index in [2.05, 4.69) is 74.6 Å². The van der Waals surface area contributed by atoms with Crippen molar-refractivity contribution in [2.24, 2.45) is 21.6 Å². The van der Waals surface area contributed by atoms with Crippen LogP contribution in [0.25, 0.3) is 0 Å². The van der Waals surface area contributed by atoms with Crippen molar-refractivity contribution in [1.82, 2.24) is 5.32 Å². The van der Waals surface area contributed by atoms with Gasteiger partial charge in [0.15, 0.2) is 5.96 Å². The van der Waals surface area contributed by atoms with Crippen LogP contribution in [-0.4, -0.2) is 17.0 Å². The number of guanidine groups is 1. The summed E-state index contributed by atoms with van der Waals surface area (Å²) in [4.78, 5) is 4.79. The van der Waals surface area contributed by atoms with Crippen LogP contribution in [0.15, 0.2) is 4.99 Å². The summed E-state index contributed by atoms with van der Waals surface area (Å²) in [7, 11) is 0. The van der Waals surface area contributed by atoms with Crippen LogP contribution in [0.4, 0.5) is 0 Å². The van der Waals surface area contributed by atoms with E-state index in [0.29, 0.717) is 11.4 Å². The van der Waals surface area contributed by atoms with Crippen molar-refractivity contribution >= 4 is 5.96 Å². The Morgan fingerprint density at radius 3 is 1.58 bits per heavy atom. The first-order valence-electron chi connectivity index (χ1n) is 10.00. The Kier molecular flexibility index (Phi) is 8.32. The number of rotatable bonds is 10. The zero-order chi connectivity index (χ0) is 19.2. The average Bonchev–Trinajstić information content (AvgIpc) is 2.52. The summed E-state index contributed by atoms with van der Waals surface area (Å²) in [6.07, 6.45) is 6.52. The number of nitrogens with zero attached hydrogens (tertiary/aromatic N) is 1. The van der Waals surface area contributed by atoms with Crippen molar-refractivity contribution in [2.75, 3.05) is 0 Å². The molecule has 0 aliphatic heterocycles. The van der Waals surface area contributed by atoms with Crippen LogP contribution in [0, 0.1) is 10.8 Å². The molecule has 0 fully saturated rings. The van der Waals surface area contributed by atoms with Gasteiger partial charge in [-0.15, -0.1) is 0 Å². The van der Waals surface area contributed by atoms with E-state index in [1.165, 1.54) is 12.8 Å². The highest BCUT2D eigenvalue weighted by Crippen LogP contribution is 2.49. The summed E-state index contributed by atoms with van der Waals surface area (Å²) in [6.45, 7) is 22.9. The lowest BCUT2D eigenvalue weighted by Crippen LogP contribution is -2.53. The van der Waals surface area contributed by atoms with Crippen LogP contribution in [-0.2, 0) is 0 Å². The zero-order valence-corrected chi connectivity index (χ0v) is 18.3. The Balaban J connectivity index is 5.40. The summed E-state index contributed by atoms with van der Waals surface area (Å²) in [5.41, 5.74) is 6.76. The molecule has 0 aromatic heterocycles. The standard InChI is InChI=1S/C21H45N3/c1-11-19(8,12-2)18(6,7)16-21(10,15-5)24-17(22)23-20(9,13-3)14-4/h11-16H2,1-10H3,(H3,22,23,24). The van der Waals surface area contributed by atoms with Gasteiger partial charge in [0.2, 0.25) is 0 Å². The minimum atomic E-state index is -0.0669. The molecule has 24 heavy (non-hydrogen) atoms. The van der Waals surface area contributed by atoms with Crippen molar-refractivity contribution in [3.8, 4) is 0 Å². The minimum absolute atomic E-state index is 0.0366. The highest BCUT2D eigenvalue weighted by molar-refractivity contribution is 5.79. The molecule has 1 atom stereocenters.